The van der Waals surface area contributed by atoms with E-state index in [1.54, 1.807) is 18.3 Å². The minimum atomic E-state index is -0.867. The molecule has 130 valence electrons. The van der Waals surface area contributed by atoms with E-state index in [0.717, 1.165) is 6.07 Å². The maximum Gasteiger partial charge on any atom is 0.341 e. The van der Waals surface area contributed by atoms with Gasteiger partial charge in [-0.3, -0.25) is 0 Å². The van der Waals surface area contributed by atoms with Gasteiger partial charge in [0.2, 0.25) is 5.82 Å². The molecule has 3 aromatic heterocycles. The summed E-state index contributed by atoms with van der Waals surface area (Å²) in [5, 5.41) is 11.1. The monoisotopic (exact) mass is 355 g/mol. The number of esters is 1. The lowest BCUT2D eigenvalue weighted by Gasteiger charge is -2.06. The van der Waals surface area contributed by atoms with Crippen molar-refractivity contribution in [1.82, 2.24) is 25.1 Å². The van der Waals surface area contributed by atoms with E-state index in [0.29, 0.717) is 11.4 Å². The maximum absolute atomic E-state index is 14.0. The van der Waals surface area contributed by atoms with Crippen molar-refractivity contribution in [1.29, 1.82) is 0 Å². The number of hydrogen-bond donors (Lipinski definition) is 0. The van der Waals surface area contributed by atoms with E-state index in [1.807, 2.05) is 0 Å². The summed E-state index contributed by atoms with van der Waals surface area (Å²) in [6.07, 6.45) is 4.50. The molecule has 0 radical (unpaired) electrons. The highest BCUT2D eigenvalue weighted by Crippen LogP contribution is 2.18. The third kappa shape index (κ3) is 3.07. The van der Waals surface area contributed by atoms with Crippen LogP contribution in [-0.2, 0) is 11.3 Å². The molecule has 0 N–H and O–H groups in total. The van der Waals surface area contributed by atoms with Gasteiger partial charge < -0.3 is 13.7 Å². The number of rotatable bonds is 5. The average Bonchev–Trinajstić information content (AvgIpc) is 3.42. The summed E-state index contributed by atoms with van der Waals surface area (Å²) in [7, 11) is 0. The fourth-order valence-electron chi connectivity index (χ4n) is 2.18. The lowest BCUT2D eigenvalue weighted by atomic mass is 10.2. The molecule has 26 heavy (non-hydrogen) atoms. The minimum absolute atomic E-state index is 0.123. The average molecular weight is 355 g/mol. The number of furan rings is 1. The summed E-state index contributed by atoms with van der Waals surface area (Å²) in [6.45, 7) is -0.282. The van der Waals surface area contributed by atoms with Crippen molar-refractivity contribution in [3.8, 4) is 17.3 Å². The molecule has 4 aromatic rings. The molecule has 0 unspecified atom stereocenters. The Morgan fingerprint density at radius 3 is 3.00 bits per heavy atom. The number of carbonyl (C=O) groups excluding carboxylic acids is 1. The number of benzene rings is 1. The highest BCUT2D eigenvalue weighted by Gasteiger charge is 2.17. The molecule has 0 aliphatic rings. The molecular formula is C16H10FN5O4. The predicted molar refractivity (Wildman–Crippen MR) is 82.4 cm³/mol. The quantitative estimate of drug-likeness (QED) is 0.502. The largest absolute Gasteiger partial charge is 0.459 e. The van der Waals surface area contributed by atoms with Gasteiger partial charge >= 0.3 is 5.97 Å². The molecule has 3 heterocycles. The second-order valence-corrected chi connectivity index (χ2v) is 5.08. The van der Waals surface area contributed by atoms with Crippen molar-refractivity contribution in [2.24, 2.45) is 0 Å². The molecule has 0 bridgehead atoms. The molecule has 1 aromatic carbocycles. The van der Waals surface area contributed by atoms with E-state index < -0.39 is 11.8 Å². The van der Waals surface area contributed by atoms with Crippen LogP contribution in [0.25, 0.3) is 17.3 Å². The Morgan fingerprint density at radius 1 is 1.31 bits per heavy atom. The van der Waals surface area contributed by atoms with Crippen molar-refractivity contribution in [3.05, 3.63) is 66.2 Å². The normalized spacial score (nSPS) is 10.8. The van der Waals surface area contributed by atoms with Crippen LogP contribution in [0.3, 0.4) is 0 Å². The molecule has 0 aliphatic carbocycles. The Balaban J connectivity index is 1.48. The molecule has 0 atom stereocenters. The Bertz CT molecular complexity index is 1030. The highest BCUT2D eigenvalue weighted by molar-refractivity contribution is 5.90. The van der Waals surface area contributed by atoms with Gasteiger partial charge in [0.15, 0.2) is 12.4 Å². The van der Waals surface area contributed by atoms with Gasteiger partial charge in [0, 0.05) is 0 Å². The molecule has 0 saturated carbocycles. The number of carbonyl (C=O) groups is 1. The fourth-order valence-corrected chi connectivity index (χ4v) is 2.18. The number of ether oxygens (including phenoxy) is 1. The second kappa shape index (κ2) is 6.59. The third-order valence-corrected chi connectivity index (χ3v) is 3.39. The third-order valence-electron chi connectivity index (χ3n) is 3.39. The van der Waals surface area contributed by atoms with Crippen molar-refractivity contribution in [2.75, 3.05) is 0 Å². The summed E-state index contributed by atoms with van der Waals surface area (Å²) in [6, 6.07) is 7.25. The number of nitrogens with zero attached hydrogens (tertiary/aromatic N) is 5. The van der Waals surface area contributed by atoms with E-state index in [1.165, 1.54) is 29.3 Å². The molecule has 0 saturated heterocycles. The number of halogens is 1. The Morgan fingerprint density at radius 2 is 2.23 bits per heavy atom. The summed E-state index contributed by atoms with van der Waals surface area (Å²) in [5.41, 5.74) is 0.225. The highest BCUT2D eigenvalue weighted by atomic mass is 19.1. The first-order valence-corrected chi connectivity index (χ1v) is 7.40. The molecule has 0 aliphatic heterocycles. The zero-order valence-electron chi connectivity index (χ0n) is 13.1. The van der Waals surface area contributed by atoms with E-state index in [-0.39, 0.29) is 23.9 Å². The Labute approximate surface area is 145 Å². The van der Waals surface area contributed by atoms with Crippen molar-refractivity contribution in [2.45, 2.75) is 6.61 Å². The zero-order chi connectivity index (χ0) is 17.9. The van der Waals surface area contributed by atoms with Crippen molar-refractivity contribution < 1.29 is 22.9 Å². The van der Waals surface area contributed by atoms with Gasteiger partial charge in [0.05, 0.1) is 29.9 Å². The Kier molecular flexibility index (Phi) is 3.98. The molecule has 10 heteroatoms. The first-order chi connectivity index (χ1) is 12.7. The van der Waals surface area contributed by atoms with Gasteiger partial charge in [0.25, 0.3) is 5.89 Å². The van der Waals surface area contributed by atoms with Crippen LogP contribution in [0, 0.1) is 5.82 Å². The SMILES string of the molecule is O=C(OCc1noc(-c2ccco2)n1)c1cc(-n2ccnn2)ccc1F. The van der Waals surface area contributed by atoms with E-state index >= 15 is 0 Å². The smallest absolute Gasteiger partial charge is 0.341 e. The molecule has 4 rings (SSSR count). The van der Waals surface area contributed by atoms with E-state index in [9.17, 15) is 9.18 Å². The van der Waals surface area contributed by atoms with E-state index in [2.05, 4.69) is 20.5 Å². The van der Waals surface area contributed by atoms with Crippen LogP contribution in [0.15, 0.2) is 57.9 Å². The summed E-state index contributed by atoms with van der Waals surface area (Å²) in [4.78, 5) is 16.2. The van der Waals surface area contributed by atoms with Crippen LogP contribution >= 0.6 is 0 Å². The summed E-state index contributed by atoms with van der Waals surface area (Å²) >= 11 is 0. The van der Waals surface area contributed by atoms with Crippen LogP contribution in [0.1, 0.15) is 16.2 Å². The van der Waals surface area contributed by atoms with Crippen molar-refractivity contribution in [3.63, 3.8) is 0 Å². The number of aromatic nitrogens is 5. The first-order valence-electron chi connectivity index (χ1n) is 7.40. The van der Waals surface area contributed by atoms with Gasteiger partial charge in [-0.1, -0.05) is 10.4 Å². The van der Waals surface area contributed by atoms with Crippen LogP contribution in [0.2, 0.25) is 0 Å². The lowest BCUT2D eigenvalue weighted by molar-refractivity contribution is 0.0454. The molecular weight excluding hydrogens is 345 g/mol. The molecule has 0 amide bonds. The van der Waals surface area contributed by atoms with Crippen LogP contribution in [-0.4, -0.2) is 31.1 Å². The first kappa shape index (κ1) is 15.7. The van der Waals surface area contributed by atoms with Gasteiger partial charge in [-0.15, -0.1) is 5.10 Å². The molecule has 0 fully saturated rings. The van der Waals surface area contributed by atoms with Gasteiger partial charge in [-0.25, -0.2) is 13.9 Å². The van der Waals surface area contributed by atoms with Gasteiger partial charge in [-0.2, -0.15) is 4.98 Å². The molecule has 0 spiro atoms. The van der Waals surface area contributed by atoms with Gasteiger partial charge in [0.1, 0.15) is 5.82 Å². The predicted octanol–water partition coefficient (Wildman–Crippen LogP) is 2.41. The van der Waals surface area contributed by atoms with Crippen molar-refractivity contribution >= 4 is 5.97 Å². The Hall–Kier alpha value is -3.82. The standard InChI is InChI=1S/C16H10FN5O4/c17-12-4-3-10(22-6-5-18-21-22)8-11(12)16(23)25-9-14-19-15(26-20-14)13-2-1-7-24-13/h1-8H,9H2. The maximum atomic E-state index is 14.0. The summed E-state index contributed by atoms with van der Waals surface area (Å²) in [5.74, 6) is -0.920. The van der Waals surface area contributed by atoms with Gasteiger partial charge in [-0.05, 0) is 30.3 Å². The summed E-state index contributed by atoms with van der Waals surface area (Å²) < 4.78 is 30.5. The molecule has 9 nitrogen and oxygen atoms in total. The number of hydrogen-bond acceptors (Lipinski definition) is 8. The zero-order valence-corrected chi connectivity index (χ0v) is 13.1. The lowest BCUT2D eigenvalue weighted by Crippen LogP contribution is -2.09. The van der Waals surface area contributed by atoms with Crippen LogP contribution in [0.5, 0.6) is 0 Å². The second-order valence-electron chi connectivity index (χ2n) is 5.08. The fraction of sp³-hybridized carbons (Fsp3) is 0.0625. The van der Waals surface area contributed by atoms with E-state index in [4.69, 9.17) is 13.7 Å². The minimum Gasteiger partial charge on any atom is -0.459 e. The topological polar surface area (TPSA) is 109 Å². The van der Waals surface area contributed by atoms with Crippen LogP contribution in [0.4, 0.5) is 4.39 Å². The van der Waals surface area contributed by atoms with Crippen LogP contribution < -0.4 is 0 Å².